The van der Waals surface area contributed by atoms with Crippen molar-refractivity contribution in [2.24, 2.45) is 0 Å². The van der Waals surface area contributed by atoms with E-state index in [1.54, 1.807) is 31.2 Å². The second kappa shape index (κ2) is 9.31. The van der Waals surface area contributed by atoms with Crippen LogP contribution in [0.5, 0.6) is 5.75 Å². The van der Waals surface area contributed by atoms with Crippen LogP contribution < -0.4 is 14.4 Å². The van der Waals surface area contributed by atoms with Gasteiger partial charge in [0.2, 0.25) is 15.9 Å². The summed E-state index contributed by atoms with van der Waals surface area (Å²) in [6, 6.07) is 11.8. The molecule has 1 N–H and O–H groups in total. The first-order valence-corrected chi connectivity index (χ1v) is 11.5. The molecule has 1 amide bonds. The van der Waals surface area contributed by atoms with E-state index in [1.165, 1.54) is 4.31 Å². The van der Waals surface area contributed by atoms with E-state index in [4.69, 9.17) is 4.74 Å². The molecular weight excluding hydrogens is 388 g/mol. The minimum absolute atomic E-state index is 0.00867. The molecule has 0 radical (unpaired) electrons. The molecule has 2 aromatic carbocycles. The number of hydrogen-bond acceptors (Lipinski definition) is 4. The zero-order valence-electron chi connectivity index (χ0n) is 17.9. The van der Waals surface area contributed by atoms with E-state index in [9.17, 15) is 13.2 Å². The van der Waals surface area contributed by atoms with E-state index in [1.807, 2.05) is 45.9 Å². The van der Waals surface area contributed by atoms with Gasteiger partial charge in [0.15, 0.2) is 0 Å². The SMILES string of the molecule is CCC(C(=O)Nc1cccc(OC(C)C)c1)N(c1cc(C)ccc1C)S(C)(=O)=O. The number of amides is 1. The Bertz CT molecular complexity index is 971. The van der Waals surface area contributed by atoms with Gasteiger partial charge in [-0.3, -0.25) is 9.10 Å². The molecule has 6 nitrogen and oxygen atoms in total. The van der Waals surface area contributed by atoms with E-state index >= 15 is 0 Å². The minimum Gasteiger partial charge on any atom is -0.491 e. The summed E-state index contributed by atoms with van der Waals surface area (Å²) in [5, 5.41) is 2.84. The third-order valence-corrected chi connectivity index (χ3v) is 5.57. The maximum atomic E-state index is 13.1. The fourth-order valence-corrected chi connectivity index (χ4v) is 4.40. The van der Waals surface area contributed by atoms with E-state index in [-0.39, 0.29) is 12.0 Å². The van der Waals surface area contributed by atoms with Crippen LogP contribution in [0.25, 0.3) is 0 Å². The lowest BCUT2D eigenvalue weighted by Gasteiger charge is -2.31. The smallest absolute Gasteiger partial charge is 0.248 e. The van der Waals surface area contributed by atoms with E-state index in [2.05, 4.69) is 5.32 Å². The van der Waals surface area contributed by atoms with Crippen LogP contribution in [0.15, 0.2) is 42.5 Å². The molecule has 0 heterocycles. The molecule has 0 aliphatic rings. The Hall–Kier alpha value is -2.54. The lowest BCUT2D eigenvalue weighted by atomic mass is 10.1. The number of nitrogens with zero attached hydrogens (tertiary/aromatic N) is 1. The number of anilines is 2. The highest BCUT2D eigenvalue weighted by Crippen LogP contribution is 2.28. The third-order valence-electron chi connectivity index (χ3n) is 4.41. The van der Waals surface area contributed by atoms with E-state index in [0.717, 1.165) is 17.4 Å². The van der Waals surface area contributed by atoms with Gasteiger partial charge in [-0.1, -0.05) is 25.1 Å². The van der Waals surface area contributed by atoms with Crippen LogP contribution in [-0.4, -0.2) is 32.7 Å². The molecule has 0 aromatic heterocycles. The van der Waals surface area contributed by atoms with Crippen molar-refractivity contribution in [1.82, 2.24) is 0 Å². The summed E-state index contributed by atoms with van der Waals surface area (Å²) in [7, 11) is -3.68. The molecule has 158 valence electrons. The summed E-state index contributed by atoms with van der Waals surface area (Å²) in [5.41, 5.74) is 2.79. The average Bonchev–Trinajstić information content (AvgIpc) is 2.60. The molecule has 1 atom stereocenters. The highest BCUT2D eigenvalue weighted by Gasteiger charge is 2.32. The summed E-state index contributed by atoms with van der Waals surface area (Å²) in [5.74, 6) is 0.251. The summed E-state index contributed by atoms with van der Waals surface area (Å²) in [6.45, 7) is 9.37. The Morgan fingerprint density at radius 1 is 1.14 bits per heavy atom. The van der Waals surface area contributed by atoms with Gasteiger partial charge < -0.3 is 10.1 Å². The number of benzene rings is 2. The van der Waals surface area contributed by atoms with Crippen LogP contribution in [0, 0.1) is 13.8 Å². The second-order valence-corrected chi connectivity index (χ2v) is 9.32. The first-order valence-electron chi connectivity index (χ1n) is 9.67. The Labute approximate surface area is 173 Å². The van der Waals surface area contributed by atoms with Gasteiger partial charge in [0, 0.05) is 11.8 Å². The van der Waals surface area contributed by atoms with Crippen LogP contribution >= 0.6 is 0 Å². The molecular formula is C22H30N2O4S. The lowest BCUT2D eigenvalue weighted by Crippen LogP contribution is -2.47. The number of rotatable bonds is 8. The molecule has 0 aliphatic carbocycles. The fourth-order valence-electron chi connectivity index (χ4n) is 3.14. The zero-order valence-corrected chi connectivity index (χ0v) is 18.7. The number of sulfonamides is 1. The fraction of sp³-hybridized carbons (Fsp3) is 0.409. The summed E-state index contributed by atoms with van der Waals surface area (Å²) >= 11 is 0. The van der Waals surface area contributed by atoms with Crippen molar-refractivity contribution in [1.29, 1.82) is 0 Å². The number of hydrogen-bond donors (Lipinski definition) is 1. The van der Waals surface area contributed by atoms with Crippen LogP contribution in [-0.2, 0) is 14.8 Å². The second-order valence-electron chi connectivity index (χ2n) is 7.46. The van der Waals surface area contributed by atoms with Gasteiger partial charge >= 0.3 is 0 Å². The molecule has 0 fully saturated rings. The molecule has 7 heteroatoms. The van der Waals surface area contributed by atoms with Crippen LogP contribution in [0.1, 0.15) is 38.3 Å². The van der Waals surface area contributed by atoms with Gasteiger partial charge in [0.05, 0.1) is 18.0 Å². The predicted molar refractivity (Wildman–Crippen MR) is 118 cm³/mol. The summed E-state index contributed by atoms with van der Waals surface area (Å²) in [6.07, 6.45) is 1.46. The molecule has 0 bridgehead atoms. The molecule has 1 unspecified atom stereocenters. The molecule has 0 spiro atoms. The topological polar surface area (TPSA) is 75.7 Å². The summed E-state index contributed by atoms with van der Waals surface area (Å²) in [4.78, 5) is 13.1. The summed E-state index contributed by atoms with van der Waals surface area (Å²) < 4.78 is 32.2. The van der Waals surface area contributed by atoms with Gasteiger partial charge in [-0.15, -0.1) is 0 Å². The van der Waals surface area contributed by atoms with Crippen LogP contribution in [0.4, 0.5) is 11.4 Å². The van der Waals surface area contributed by atoms with Crippen LogP contribution in [0.2, 0.25) is 0 Å². The average molecular weight is 419 g/mol. The molecule has 2 rings (SSSR count). The van der Waals surface area contributed by atoms with Gasteiger partial charge in [-0.05, 0) is 63.4 Å². The van der Waals surface area contributed by atoms with Crippen molar-refractivity contribution < 1.29 is 17.9 Å². The predicted octanol–water partition coefficient (Wildman–Crippen LogP) is 4.27. The van der Waals surface area contributed by atoms with Gasteiger partial charge in [-0.2, -0.15) is 0 Å². The Morgan fingerprint density at radius 2 is 1.83 bits per heavy atom. The van der Waals surface area contributed by atoms with Crippen molar-refractivity contribution >= 4 is 27.3 Å². The number of nitrogens with one attached hydrogen (secondary N) is 1. The normalized spacial score (nSPS) is 12.5. The minimum atomic E-state index is -3.68. The Kier molecular flexibility index (Phi) is 7.30. The number of ether oxygens (including phenoxy) is 1. The quantitative estimate of drug-likeness (QED) is 0.694. The van der Waals surface area contributed by atoms with Crippen molar-refractivity contribution in [2.75, 3.05) is 15.9 Å². The number of aryl methyl sites for hydroxylation is 2. The van der Waals surface area contributed by atoms with Crippen LogP contribution in [0.3, 0.4) is 0 Å². The monoisotopic (exact) mass is 418 g/mol. The standard InChI is InChI=1S/C22H30N2O4S/c1-7-20(22(25)23-18-9-8-10-19(14-18)28-15(2)3)24(29(6,26)27)21-13-16(4)11-12-17(21)5/h8-15,20H,7H2,1-6H3,(H,23,25). The van der Waals surface area contributed by atoms with E-state index < -0.39 is 16.1 Å². The zero-order chi connectivity index (χ0) is 21.8. The maximum Gasteiger partial charge on any atom is 0.248 e. The largest absolute Gasteiger partial charge is 0.491 e. The first-order chi connectivity index (χ1) is 13.5. The van der Waals surface area contributed by atoms with Crippen molar-refractivity contribution in [2.45, 2.75) is 53.2 Å². The molecule has 2 aromatic rings. The third kappa shape index (κ3) is 5.97. The van der Waals surface area contributed by atoms with Gasteiger partial charge in [0.1, 0.15) is 11.8 Å². The molecule has 0 saturated carbocycles. The highest BCUT2D eigenvalue weighted by atomic mass is 32.2. The van der Waals surface area contributed by atoms with Crippen molar-refractivity contribution in [3.63, 3.8) is 0 Å². The lowest BCUT2D eigenvalue weighted by molar-refractivity contribution is -0.117. The molecule has 0 saturated heterocycles. The Morgan fingerprint density at radius 3 is 2.41 bits per heavy atom. The molecule has 29 heavy (non-hydrogen) atoms. The van der Waals surface area contributed by atoms with Gasteiger partial charge in [0.25, 0.3) is 0 Å². The Balaban J connectivity index is 2.38. The maximum absolute atomic E-state index is 13.1. The van der Waals surface area contributed by atoms with Crippen molar-refractivity contribution in [3.8, 4) is 5.75 Å². The van der Waals surface area contributed by atoms with Crippen molar-refractivity contribution in [3.05, 3.63) is 53.6 Å². The van der Waals surface area contributed by atoms with E-state index in [0.29, 0.717) is 23.5 Å². The highest BCUT2D eigenvalue weighted by molar-refractivity contribution is 7.92. The first kappa shape index (κ1) is 22.7. The number of carbonyl (C=O) groups excluding carboxylic acids is 1. The van der Waals surface area contributed by atoms with Gasteiger partial charge in [-0.25, -0.2) is 8.42 Å². The molecule has 0 aliphatic heterocycles. The number of carbonyl (C=O) groups is 1.